The molecule has 0 aliphatic rings. The SMILES string of the molecule is Cc1c(C(=O)Nc2nc(-c3ccncc3)cs2)oc2c1ccc1ccccc12. The number of aromatic nitrogens is 2. The van der Waals surface area contributed by atoms with Gasteiger partial charge in [-0.25, -0.2) is 4.98 Å². The van der Waals surface area contributed by atoms with Crippen molar-refractivity contribution in [3.05, 3.63) is 77.6 Å². The zero-order valence-corrected chi connectivity index (χ0v) is 15.8. The average Bonchev–Trinajstić information content (AvgIpc) is 3.33. The van der Waals surface area contributed by atoms with Gasteiger partial charge in [-0.2, -0.15) is 0 Å². The monoisotopic (exact) mass is 385 g/mol. The molecule has 5 nitrogen and oxygen atoms in total. The second-order valence-corrected chi connectivity index (χ2v) is 7.31. The Bertz CT molecular complexity index is 1320. The van der Waals surface area contributed by atoms with Gasteiger partial charge in [-0.1, -0.05) is 36.4 Å². The number of benzene rings is 2. The van der Waals surface area contributed by atoms with Crippen LogP contribution in [-0.2, 0) is 0 Å². The molecule has 5 aromatic rings. The number of nitrogens with one attached hydrogen (secondary N) is 1. The summed E-state index contributed by atoms with van der Waals surface area (Å²) in [6.45, 7) is 1.90. The van der Waals surface area contributed by atoms with E-state index >= 15 is 0 Å². The first-order valence-electron chi connectivity index (χ1n) is 8.79. The van der Waals surface area contributed by atoms with Crippen molar-refractivity contribution in [3.63, 3.8) is 0 Å². The second kappa shape index (κ2) is 6.58. The molecule has 0 aliphatic carbocycles. The number of hydrogen-bond donors (Lipinski definition) is 1. The molecule has 2 aromatic carbocycles. The molecule has 0 saturated carbocycles. The number of hydrogen-bond acceptors (Lipinski definition) is 5. The molecule has 1 N–H and O–H groups in total. The van der Waals surface area contributed by atoms with Gasteiger partial charge in [0.15, 0.2) is 10.9 Å². The first kappa shape index (κ1) is 16.6. The molecule has 0 atom stereocenters. The van der Waals surface area contributed by atoms with Gasteiger partial charge in [0.05, 0.1) is 5.69 Å². The van der Waals surface area contributed by atoms with Crippen molar-refractivity contribution in [2.75, 3.05) is 5.32 Å². The third-order valence-electron chi connectivity index (χ3n) is 4.74. The lowest BCUT2D eigenvalue weighted by atomic mass is 10.1. The predicted molar refractivity (Wildman–Crippen MR) is 112 cm³/mol. The molecule has 0 unspecified atom stereocenters. The minimum absolute atomic E-state index is 0.298. The number of fused-ring (bicyclic) bond motifs is 3. The molecular formula is C22H15N3O2S. The summed E-state index contributed by atoms with van der Waals surface area (Å²) in [5, 5.41) is 8.32. The minimum atomic E-state index is -0.298. The van der Waals surface area contributed by atoms with Gasteiger partial charge < -0.3 is 4.42 Å². The van der Waals surface area contributed by atoms with Crippen LogP contribution in [-0.4, -0.2) is 15.9 Å². The van der Waals surface area contributed by atoms with Gasteiger partial charge in [-0.3, -0.25) is 15.1 Å². The molecule has 3 aromatic heterocycles. The summed E-state index contributed by atoms with van der Waals surface area (Å²) in [6.07, 6.45) is 3.43. The number of nitrogens with zero attached hydrogens (tertiary/aromatic N) is 2. The molecule has 0 fully saturated rings. The molecule has 0 saturated heterocycles. The number of thiazole rings is 1. The summed E-state index contributed by atoms with van der Waals surface area (Å²) in [6, 6.07) is 15.8. The van der Waals surface area contributed by atoms with Gasteiger partial charge >= 0.3 is 0 Å². The van der Waals surface area contributed by atoms with Crippen LogP contribution in [0.25, 0.3) is 33.0 Å². The van der Waals surface area contributed by atoms with E-state index in [2.05, 4.69) is 15.3 Å². The highest BCUT2D eigenvalue weighted by Gasteiger charge is 2.20. The van der Waals surface area contributed by atoms with Gasteiger partial charge in [-0.05, 0) is 24.4 Å². The normalized spacial score (nSPS) is 11.2. The lowest BCUT2D eigenvalue weighted by Gasteiger charge is -1.99. The summed E-state index contributed by atoms with van der Waals surface area (Å²) < 4.78 is 5.99. The lowest BCUT2D eigenvalue weighted by Crippen LogP contribution is -2.11. The fourth-order valence-electron chi connectivity index (χ4n) is 3.31. The maximum atomic E-state index is 12.8. The summed E-state index contributed by atoms with van der Waals surface area (Å²) in [4.78, 5) is 21.3. The predicted octanol–water partition coefficient (Wildman–Crippen LogP) is 5.67. The molecule has 1 amide bonds. The van der Waals surface area contributed by atoms with Crippen molar-refractivity contribution in [2.24, 2.45) is 0 Å². The number of furan rings is 1. The fraction of sp³-hybridized carbons (Fsp3) is 0.0455. The van der Waals surface area contributed by atoms with E-state index in [1.807, 2.05) is 60.8 Å². The third kappa shape index (κ3) is 2.75. The largest absolute Gasteiger partial charge is 0.450 e. The number of pyridine rings is 1. The molecular weight excluding hydrogens is 370 g/mol. The van der Waals surface area contributed by atoms with E-state index in [-0.39, 0.29) is 5.91 Å². The van der Waals surface area contributed by atoms with Crippen LogP contribution in [0.4, 0.5) is 5.13 Å². The second-order valence-electron chi connectivity index (χ2n) is 6.45. The first-order chi connectivity index (χ1) is 13.7. The Kier molecular flexibility index (Phi) is 3.91. The Labute approximate surface area is 164 Å². The Morgan fingerprint density at radius 3 is 2.71 bits per heavy atom. The van der Waals surface area contributed by atoms with E-state index in [1.165, 1.54) is 11.3 Å². The van der Waals surface area contributed by atoms with Crippen molar-refractivity contribution in [3.8, 4) is 11.3 Å². The smallest absolute Gasteiger partial charge is 0.293 e. The van der Waals surface area contributed by atoms with Crippen LogP contribution in [0, 0.1) is 6.92 Å². The maximum Gasteiger partial charge on any atom is 0.293 e. The highest BCUT2D eigenvalue weighted by Crippen LogP contribution is 2.32. The van der Waals surface area contributed by atoms with Crippen LogP contribution in [0.3, 0.4) is 0 Å². The van der Waals surface area contributed by atoms with E-state index in [0.29, 0.717) is 10.9 Å². The molecule has 0 radical (unpaired) electrons. The Hall–Kier alpha value is -3.51. The molecule has 28 heavy (non-hydrogen) atoms. The number of rotatable bonds is 3. The topological polar surface area (TPSA) is 68.0 Å². The average molecular weight is 385 g/mol. The van der Waals surface area contributed by atoms with Crippen molar-refractivity contribution in [1.82, 2.24) is 9.97 Å². The zero-order valence-electron chi connectivity index (χ0n) is 15.0. The quantitative estimate of drug-likeness (QED) is 0.435. The Balaban J connectivity index is 1.49. The summed E-state index contributed by atoms with van der Waals surface area (Å²) in [7, 11) is 0. The summed E-state index contributed by atoms with van der Waals surface area (Å²) >= 11 is 1.38. The highest BCUT2D eigenvalue weighted by atomic mass is 32.1. The van der Waals surface area contributed by atoms with Crippen LogP contribution >= 0.6 is 11.3 Å². The fourth-order valence-corrected chi connectivity index (χ4v) is 4.02. The van der Waals surface area contributed by atoms with E-state index in [9.17, 15) is 4.79 Å². The molecule has 6 heteroatoms. The van der Waals surface area contributed by atoms with Gasteiger partial charge in [0, 0.05) is 39.7 Å². The lowest BCUT2D eigenvalue weighted by molar-refractivity contribution is 0.0998. The summed E-state index contributed by atoms with van der Waals surface area (Å²) in [5.41, 5.74) is 3.31. The van der Waals surface area contributed by atoms with Crippen LogP contribution in [0.5, 0.6) is 0 Å². The van der Waals surface area contributed by atoms with Crippen LogP contribution in [0.15, 0.2) is 70.7 Å². The molecule has 5 rings (SSSR count). The number of carbonyl (C=O) groups excluding carboxylic acids is 1. The van der Waals surface area contributed by atoms with Crippen molar-refractivity contribution >= 4 is 44.1 Å². The van der Waals surface area contributed by atoms with Gasteiger partial charge in [0.2, 0.25) is 0 Å². The van der Waals surface area contributed by atoms with Crippen molar-refractivity contribution < 1.29 is 9.21 Å². The van der Waals surface area contributed by atoms with E-state index < -0.39 is 0 Å². The zero-order chi connectivity index (χ0) is 19.1. The van der Waals surface area contributed by atoms with Gasteiger partial charge in [0.25, 0.3) is 5.91 Å². The first-order valence-corrected chi connectivity index (χ1v) is 9.67. The maximum absolute atomic E-state index is 12.8. The van der Waals surface area contributed by atoms with Gasteiger partial charge in [-0.15, -0.1) is 11.3 Å². The number of carbonyl (C=O) groups is 1. The van der Waals surface area contributed by atoms with E-state index in [4.69, 9.17) is 4.42 Å². The van der Waals surface area contributed by atoms with Crippen LogP contribution in [0.2, 0.25) is 0 Å². The van der Waals surface area contributed by atoms with E-state index in [0.717, 1.165) is 38.6 Å². The number of anilines is 1. The van der Waals surface area contributed by atoms with E-state index in [1.54, 1.807) is 12.4 Å². The van der Waals surface area contributed by atoms with Crippen LogP contribution in [0.1, 0.15) is 16.1 Å². The minimum Gasteiger partial charge on any atom is -0.450 e. The van der Waals surface area contributed by atoms with Crippen LogP contribution < -0.4 is 5.32 Å². The number of amides is 1. The number of aryl methyl sites for hydroxylation is 1. The molecule has 0 bridgehead atoms. The highest BCUT2D eigenvalue weighted by molar-refractivity contribution is 7.14. The standard InChI is InChI=1S/C22H15N3O2S/c1-13-16-7-6-14-4-2-3-5-17(14)20(16)27-19(13)21(26)25-22-24-18(12-28-22)15-8-10-23-11-9-15/h2-12H,1H3,(H,24,25,26). The summed E-state index contributed by atoms with van der Waals surface area (Å²) in [5.74, 6) is 0.0143. The molecule has 0 aliphatic heterocycles. The molecule has 3 heterocycles. The third-order valence-corrected chi connectivity index (χ3v) is 5.49. The van der Waals surface area contributed by atoms with Crippen molar-refractivity contribution in [1.29, 1.82) is 0 Å². The Morgan fingerprint density at radius 1 is 1.04 bits per heavy atom. The van der Waals surface area contributed by atoms with Gasteiger partial charge in [0.1, 0.15) is 5.58 Å². The van der Waals surface area contributed by atoms with Crippen molar-refractivity contribution in [2.45, 2.75) is 6.92 Å². The molecule has 136 valence electrons. The molecule has 0 spiro atoms. The Morgan fingerprint density at radius 2 is 1.86 bits per heavy atom.